The third-order valence-electron chi connectivity index (χ3n) is 5.98. The van der Waals surface area contributed by atoms with Crippen molar-refractivity contribution >= 4 is 45.2 Å². The van der Waals surface area contributed by atoms with Crippen LogP contribution in [0.1, 0.15) is 27.9 Å². The van der Waals surface area contributed by atoms with Gasteiger partial charge in [0.2, 0.25) is 5.91 Å². The summed E-state index contributed by atoms with van der Waals surface area (Å²) in [5.41, 5.74) is 6.87. The van der Waals surface area contributed by atoms with Crippen molar-refractivity contribution in [2.24, 2.45) is 5.10 Å². The van der Waals surface area contributed by atoms with Crippen molar-refractivity contribution < 1.29 is 18.0 Å². The summed E-state index contributed by atoms with van der Waals surface area (Å²) in [5.74, 6) is -0.356. The Morgan fingerprint density at radius 1 is 1.08 bits per heavy atom. The lowest BCUT2D eigenvalue weighted by Gasteiger charge is -2.08. The van der Waals surface area contributed by atoms with E-state index in [1.165, 1.54) is 34.6 Å². The first-order valence-corrected chi connectivity index (χ1v) is 13.0. The minimum Gasteiger partial charge on any atom is -0.342 e. The third kappa shape index (κ3) is 6.53. The molecule has 0 fully saturated rings. The number of benzene rings is 3. The summed E-state index contributed by atoms with van der Waals surface area (Å²) >= 11 is 1.20. The van der Waals surface area contributed by atoms with Crippen molar-refractivity contribution in [2.75, 3.05) is 5.32 Å². The maximum Gasteiger partial charge on any atom is 0.416 e. The fourth-order valence-electron chi connectivity index (χ4n) is 4.24. The van der Waals surface area contributed by atoms with Crippen LogP contribution in [0.15, 0.2) is 89.5 Å². The Morgan fingerprint density at radius 3 is 2.72 bits per heavy atom. The molecule has 6 nitrogen and oxygen atoms in total. The molecule has 0 aliphatic carbocycles. The summed E-state index contributed by atoms with van der Waals surface area (Å²) < 4.78 is 41.0. The normalized spacial score (nSPS) is 11.8. The molecule has 2 aromatic heterocycles. The number of hydrogen-bond acceptors (Lipinski definition) is 5. The number of carbonyl (C=O) groups excluding carboxylic acids is 1. The van der Waals surface area contributed by atoms with Gasteiger partial charge in [-0.25, -0.2) is 10.4 Å². The lowest BCUT2D eigenvalue weighted by Crippen LogP contribution is -2.19. The summed E-state index contributed by atoms with van der Waals surface area (Å²) in [6.45, 7) is 2.78. The summed E-state index contributed by atoms with van der Waals surface area (Å²) in [4.78, 5) is 16.8. The van der Waals surface area contributed by atoms with Gasteiger partial charge in [0, 0.05) is 40.3 Å². The van der Waals surface area contributed by atoms with Gasteiger partial charge < -0.3 is 9.88 Å². The van der Waals surface area contributed by atoms with Crippen LogP contribution in [0.5, 0.6) is 0 Å². The Hall–Kier alpha value is -4.44. The third-order valence-corrected chi connectivity index (χ3v) is 6.79. The van der Waals surface area contributed by atoms with Crippen LogP contribution in [0.4, 0.5) is 24.0 Å². The summed E-state index contributed by atoms with van der Waals surface area (Å²) in [7, 11) is 0. The molecular weight excluding hydrogens is 523 g/mol. The Kier molecular flexibility index (Phi) is 7.47. The number of rotatable bonds is 8. The van der Waals surface area contributed by atoms with Crippen LogP contribution < -0.4 is 10.7 Å². The van der Waals surface area contributed by atoms with Gasteiger partial charge in [-0.1, -0.05) is 54.1 Å². The minimum atomic E-state index is -4.43. The minimum absolute atomic E-state index is 0.0206. The van der Waals surface area contributed by atoms with E-state index >= 15 is 0 Å². The zero-order valence-corrected chi connectivity index (χ0v) is 21.7. The zero-order chi connectivity index (χ0) is 27.4. The highest BCUT2D eigenvalue weighted by Crippen LogP contribution is 2.32. The van der Waals surface area contributed by atoms with Gasteiger partial charge in [-0.05, 0) is 36.8 Å². The van der Waals surface area contributed by atoms with Gasteiger partial charge in [0.15, 0.2) is 5.13 Å². The predicted molar refractivity (Wildman–Crippen MR) is 149 cm³/mol. The van der Waals surface area contributed by atoms with Crippen LogP contribution in [0, 0.1) is 6.92 Å². The average Bonchev–Trinajstić information content (AvgIpc) is 3.48. The molecule has 0 saturated heterocycles. The second kappa shape index (κ2) is 11.1. The van der Waals surface area contributed by atoms with Crippen molar-refractivity contribution in [1.29, 1.82) is 0 Å². The van der Waals surface area contributed by atoms with Gasteiger partial charge in [-0.2, -0.15) is 18.3 Å². The van der Waals surface area contributed by atoms with Crippen LogP contribution in [-0.2, 0) is 23.9 Å². The molecule has 5 aromatic rings. The van der Waals surface area contributed by atoms with Crippen LogP contribution in [0.3, 0.4) is 0 Å². The average molecular weight is 548 g/mol. The topological polar surface area (TPSA) is 71.3 Å². The first-order chi connectivity index (χ1) is 18.7. The summed E-state index contributed by atoms with van der Waals surface area (Å²) in [5, 5.41) is 10.1. The highest BCUT2D eigenvalue weighted by Gasteiger charge is 2.30. The van der Waals surface area contributed by atoms with Gasteiger partial charge >= 0.3 is 6.18 Å². The quantitative estimate of drug-likeness (QED) is 0.164. The number of fused-ring (bicyclic) bond motifs is 1. The second-order valence-corrected chi connectivity index (χ2v) is 9.89. The standard InChI is InChI=1S/C29H24F3N5OS/c1-19-6-4-7-20(12-19)16-37-17-21(25-10-2-3-11-26(25)37)15-33-36-27(38)14-24-18-39-28(35-24)34-23-9-5-8-22(13-23)29(30,31)32/h2-13,15,17-18H,14,16H2,1H3,(H,34,35)(H,36,38)/b33-15-. The molecule has 0 saturated carbocycles. The van der Waals surface area contributed by atoms with Gasteiger partial charge in [-0.15, -0.1) is 11.3 Å². The molecule has 1 amide bonds. The van der Waals surface area contributed by atoms with Crippen molar-refractivity contribution in [3.8, 4) is 0 Å². The first kappa shape index (κ1) is 26.2. The number of hydrazone groups is 1. The highest BCUT2D eigenvalue weighted by atomic mass is 32.1. The van der Waals surface area contributed by atoms with E-state index in [4.69, 9.17) is 0 Å². The van der Waals surface area contributed by atoms with E-state index in [1.807, 2.05) is 36.5 Å². The number of thiazole rings is 1. The van der Waals surface area contributed by atoms with E-state index in [1.54, 1.807) is 11.6 Å². The smallest absolute Gasteiger partial charge is 0.342 e. The van der Waals surface area contributed by atoms with Gasteiger partial charge in [0.25, 0.3) is 0 Å². The first-order valence-electron chi connectivity index (χ1n) is 12.1. The molecule has 0 unspecified atom stereocenters. The molecule has 5 rings (SSSR count). The Labute approximate surface area is 226 Å². The fourth-order valence-corrected chi connectivity index (χ4v) is 4.97. The number of para-hydroxylation sites is 1. The fraction of sp³-hybridized carbons (Fsp3) is 0.138. The molecule has 0 atom stereocenters. The molecule has 2 N–H and O–H groups in total. The van der Waals surface area contributed by atoms with Crippen molar-refractivity contribution in [1.82, 2.24) is 15.0 Å². The van der Waals surface area contributed by atoms with Gasteiger partial charge in [0.1, 0.15) is 0 Å². The maximum absolute atomic E-state index is 12.9. The Balaban J connectivity index is 1.21. The number of anilines is 2. The molecule has 2 heterocycles. The van der Waals surface area contributed by atoms with Gasteiger partial charge in [-0.3, -0.25) is 4.79 Å². The number of aryl methyl sites for hydroxylation is 1. The molecule has 10 heteroatoms. The molecule has 39 heavy (non-hydrogen) atoms. The largest absolute Gasteiger partial charge is 0.416 e. The summed E-state index contributed by atoms with van der Waals surface area (Å²) in [6.07, 6.45) is -0.822. The van der Waals surface area contributed by atoms with Crippen LogP contribution >= 0.6 is 11.3 Å². The number of carbonyl (C=O) groups is 1. The molecule has 0 spiro atoms. The number of nitrogens with one attached hydrogen (secondary N) is 2. The van der Waals surface area contributed by atoms with E-state index in [0.717, 1.165) is 28.6 Å². The van der Waals surface area contributed by atoms with Crippen molar-refractivity contribution in [3.05, 3.63) is 112 Å². The number of hydrogen-bond donors (Lipinski definition) is 2. The Bertz CT molecular complexity index is 1650. The predicted octanol–water partition coefficient (Wildman–Crippen LogP) is 6.91. The Morgan fingerprint density at radius 2 is 1.90 bits per heavy atom. The molecule has 0 aliphatic heterocycles. The van der Waals surface area contributed by atoms with Crippen molar-refractivity contribution in [2.45, 2.75) is 26.1 Å². The second-order valence-electron chi connectivity index (χ2n) is 9.04. The van der Waals surface area contributed by atoms with E-state index in [0.29, 0.717) is 17.4 Å². The van der Waals surface area contributed by atoms with E-state index < -0.39 is 11.7 Å². The lowest BCUT2D eigenvalue weighted by molar-refractivity contribution is -0.137. The number of halogens is 3. The maximum atomic E-state index is 12.9. The molecule has 198 valence electrons. The molecule has 0 aliphatic rings. The number of aromatic nitrogens is 2. The highest BCUT2D eigenvalue weighted by molar-refractivity contribution is 7.13. The van der Waals surface area contributed by atoms with E-state index in [-0.39, 0.29) is 18.0 Å². The molecule has 0 radical (unpaired) electrons. The number of nitrogens with zero attached hydrogens (tertiary/aromatic N) is 3. The summed E-state index contributed by atoms with van der Waals surface area (Å²) in [6, 6.07) is 21.2. The number of amides is 1. The SMILES string of the molecule is Cc1cccc(Cn2cc(/C=N\NC(=O)Cc3csc(Nc4cccc(C(F)(F)F)c4)n3)c3ccccc32)c1. The van der Waals surface area contributed by atoms with Crippen LogP contribution in [0.2, 0.25) is 0 Å². The van der Waals surface area contributed by atoms with E-state index in [2.05, 4.69) is 50.5 Å². The van der Waals surface area contributed by atoms with Crippen molar-refractivity contribution in [3.63, 3.8) is 0 Å². The zero-order valence-electron chi connectivity index (χ0n) is 20.9. The molecule has 0 bridgehead atoms. The lowest BCUT2D eigenvalue weighted by atomic mass is 10.1. The number of alkyl halides is 3. The monoisotopic (exact) mass is 547 g/mol. The van der Waals surface area contributed by atoms with Crippen LogP contribution in [-0.4, -0.2) is 21.7 Å². The molecule has 3 aromatic carbocycles. The van der Waals surface area contributed by atoms with Gasteiger partial charge in [0.05, 0.1) is 23.9 Å². The molecular formula is C29H24F3N5OS. The van der Waals surface area contributed by atoms with Crippen LogP contribution in [0.25, 0.3) is 10.9 Å². The van der Waals surface area contributed by atoms with E-state index in [9.17, 15) is 18.0 Å².